The Kier molecular flexibility index (Phi) is 4.36. The smallest absolute Gasteiger partial charge is 0.368 e. The SMILES string of the molecule is CSC1(CNc2nc(C(F)(F)F)ccc2C(N)=O)CCC1. The fraction of sp³-hybridized carbons (Fsp3) is 0.538. The number of primary amides is 1. The van der Waals surface area contributed by atoms with Gasteiger partial charge in [0.25, 0.3) is 5.91 Å². The number of aromatic nitrogens is 1. The van der Waals surface area contributed by atoms with Crippen molar-refractivity contribution in [3.05, 3.63) is 23.4 Å². The first-order valence-electron chi connectivity index (χ1n) is 6.44. The number of carbonyl (C=O) groups is 1. The number of amides is 1. The number of nitrogens with two attached hydrogens (primary N) is 1. The minimum atomic E-state index is -4.56. The molecule has 1 aliphatic rings. The van der Waals surface area contributed by atoms with Gasteiger partial charge in [0, 0.05) is 11.3 Å². The molecule has 0 radical (unpaired) electrons. The van der Waals surface area contributed by atoms with Gasteiger partial charge in [-0.15, -0.1) is 0 Å². The highest BCUT2D eigenvalue weighted by atomic mass is 32.2. The number of pyridine rings is 1. The van der Waals surface area contributed by atoms with E-state index in [0.717, 1.165) is 31.4 Å². The van der Waals surface area contributed by atoms with Crippen molar-refractivity contribution < 1.29 is 18.0 Å². The molecule has 0 atom stereocenters. The lowest BCUT2D eigenvalue weighted by Gasteiger charge is -2.40. The van der Waals surface area contributed by atoms with Crippen LogP contribution in [-0.2, 0) is 6.18 Å². The summed E-state index contributed by atoms with van der Waals surface area (Å²) < 4.78 is 38.1. The van der Waals surface area contributed by atoms with E-state index in [1.54, 1.807) is 11.8 Å². The van der Waals surface area contributed by atoms with E-state index < -0.39 is 17.8 Å². The van der Waals surface area contributed by atoms with Gasteiger partial charge in [0.1, 0.15) is 11.5 Å². The molecule has 1 heterocycles. The molecule has 1 aromatic rings. The molecular formula is C13H16F3N3OS. The third-order valence-electron chi connectivity index (χ3n) is 3.73. The van der Waals surface area contributed by atoms with Crippen LogP contribution in [0.15, 0.2) is 12.1 Å². The highest BCUT2D eigenvalue weighted by molar-refractivity contribution is 8.00. The summed E-state index contributed by atoms with van der Waals surface area (Å²) in [6, 6.07) is 1.83. The Bertz CT molecular complexity index is 538. The number of hydrogen-bond donors (Lipinski definition) is 2. The second-order valence-electron chi connectivity index (χ2n) is 5.05. The Morgan fingerprint density at radius 3 is 2.57 bits per heavy atom. The van der Waals surface area contributed by atoms with Crippen LogP contribution in [0.1, 0.15) is 35.3 Å². The zero-order valence-electron chi connectivity index (χ0n) is 11.5. The van der Waals surface area contributed by atoms with E-state index in [2.05, 4.69) is 10.3 Å². The van der Waals surface area contributed by atoms with Gasteiger partial charge < -0.3 is 11.1 Å². The molecule has 1 amide bonds. The summed E-state index contributed by atoms with van der Waals surface area (Å²) in [6.07, 6.45) is 0.495. The van der Waals surface area contributed by atoms with Crippen molar-refractivity contribution in [2.75, 3.05) is 18.1 Å². The van der Waals surface area contributed by atoms with Gasteiger partial charge >= 0.3 is 6.18 Å². The molecule has 2 rings (SSSR count). The monoisotopic (exact) mass is 319 g/mol. The maximum Gasteiger partial charge on any atom is 0.433 e. The molecule has 3 N–H and O–H groups in total. The van der Waals surface area contributed by atoms with Crippen LogP contribution in [-0.4, -0.2) is 28.4 Å². The van der Waals surface area contributed by atoms with Gasteiger partial charge in [0.05, 0.1) is 5.56 Å². The summed E-state index contributed by atoms with van der Waals surface area (Å²) in [6.45, 7) is 0.461. The molecule has 0 spiro atoms. The number of alkyl halides is 3. The van der Waals surface area contributed by atoms with Crippen molar-refractivity contribution in [2.45, 2.75) is 30.2 Å². The highest BCUT2D eigenvalue weighted by Gasteiger charge is 2.37. The van der Waals surface area contributed by atoms with Gasteiger partial charge in [-0.25, -0.2) is 4.98 Å². The first-order chi connectivity index (χ1) is 9.77. The van der Waals surface area contributed by atoms with Crippen molar-refractivity contribution in [2.24, 2.45) is 5.73 Å². The van der Waals surface area contributed by atoms with E-state index in [4.69, 9.17) is 5.73 Å². The zero-order valence-corrected chi connectivity index (χ0v) is 12.3. The molecule has 0 aromatic carbocycles. The van der Waals surface area contributed by atoms with Gasteiger partial charge in [-0.1, -0.05) is 6.42 Å². The van der Waals surface area contributed by atoms with E-state index in [9.17, 15) is 18.0 Å². The van der Waals surface area contributed by atoms with E-state index in [0.29, 0.717) is 6.54 Å². The summed E-state index contributed by atoms with van der Waals surface area (Å²) in [5.41, 5.74) is 4.12. The molecule has 4 nitrogen and oxygen atoms in total. The van der Waals surface area contributed by atoms with Crippen molar-refractivity contribution >= 4 is 23.5 Å². The lowest BCUT2D eigenvalue weighted by molar-refractivity contribution is -0.141. The van der Waals surface area contributed by atoms with E-state index in [1.807, 2.05) is 6.26 Å². The number of thioether (sulfide) groups is 1. The summed E-state index contributed by atoms with van der Waals surface area (Å²) in [5, 5.41) is 2.87. The molecule has 21 heavy (non-hydrogen) atoms. The van der Waals surface area contributed by atoms with Gasteiger partial charge in [0.2, 0.25) is 0 Å². The Hall–Kier alpha value is -1.44. The predicted molar refractivity (Wildman–Crippen MR) is 76.3 cm³/mol. The maximum atomic E-state index is 12.7. The number of anilines is 1. The first kappa shape index (κ1) is 15.9. The summed E-state index contributed by atoms with van der Waals surface area (Å²) in [7, 11) is 0. The van der Waals surface area contributed by atoms with Crippen molar-refractivity contribution in [1.82, 2.24) is 4.98 Å². The van der Waals surface area contributed by atoms with Crippen LogP contribution in [0.5, 0.6) is 0 Å². The van der Waals surface area contributed by atoms with Gasteiger partial charge in [-0.05, 0) is 31.2 Å². The lowest BCUT2D eigenvalue weighted by atomic mass is 9.84. The largest absolute Gasteiger partial charge is 0.433 e. The Morgan fingerprint density at radius 1 is 1.48 bits per heavy atom. The highest BCUT2D eigenvalue weighted by Crippen LogP contribution is 2.42. The van der Waals surface area contributed by atoms with Crippen molar-refractivity contribution in [1.29, 1.82) is 0 Å². The van der Waals surface area contributed by atoms with E-state index in [-0.39, 0.29) is 16.1 Å². The Labute approximate surface area is 124 Å². The average molecular weight is 319 g/mol. The molecule has 1 aliphatic carbocycles. The fourth-order valence-electron chi connectivity index (χ4n) is 2.22. The Morgan fingerprint density at radius 2 is 2.14 bits per heavy atom. The van der Waals surface area contributed by atoms with Gasteiger partial charge in [0.15, 0.2) is 0 Å². The number of carbonyl (C=O) groups excluding carboxylic acids is 1. The van der Waals surface area contributed by atoms with Crippen LogP contribution < -0.4 is 11.1 Å². The number of rotatable bonds is 5. The average Bonchev–Trinajstić information content (AvgIpc) is 2.36. The van der Waals surface area contributed by atoms with Crippen LogP contribution >= 0.6 is 11.8 Å². The Balaban J connectivity index is 2.24. The predicted octanol–water partition coefficient (Wildman–Crippen LogP) is 2.90. The molecule has 1 fully saturated rings. The minimum Gasteiger partial charge on any atom is -0.368 e. The molecule has 0 saturated heterocycles. The van der Waals surface area contributed by atoms with E-state index in [1.165, 1.54) is 0 Å². The van der Waals surface area contributed by atoms with Gasteiger partial charge in [-0.2, -0.15) is 24.9 Å². The van der Waals surface area contributed by atoms with Crippen molar-refractivity contribution in [3.8, 4) is 0 Å². The number of hydrogen-bond acceptors (Lipinski definition) is 4. The second-order valence-corrected chi connectivity index (χ2v) is 6.32. The van der Waals surface area contributed by atoms with E-state index >= 15 is 0 Å². The topological polar surface area (TPSA) is 68.0 Å². The fourth-order valence-corrected chi connectivity index (χ4v) is 3.13. The molecule has 0 aliphatic heterocycles. The standard InChI is InChI=1S/C13H16F3N3OS/c1-21-12(5-2-6-12)7-18-11-8(10(17)20)3-4-9(19-11)13(14,15)16/h3-4H,2,5-7H2,1H3,(H2,17,20)(H,18,19). The normalized spacial score (nSPS) is 17.1. The van der Waals surface area contributed by atoms with Crippen LogP contribution in [0.25, 0.3) is 0 Å². The third-order valence-corrected chi connectivity index (χ3v) is 5.15. The lowest BCUT2D eigenvalue weighted by Crippen LogP contribution is -2.40. The molecule has 0 unspecified atom stereocenters. The molecule has 8 heteroatoms. The molecule has 1 saturated carbocycles. The maximum absolute atomic E-state index is 12.7. The molecular weight excluding hydrogens is 303 g/mol. The van der Waals surface area contributed by atoms with Crippen LogP contribution in [0.4, 0.5) is 19.0 Å². The summed E-state index contributed by atoms with van der Waals surface area (Å²) in [5.74, 6) is -0.900. The van der Waals surface area contributed by atoms with Crippen LogP contribution in [0.3, 0.4) is 0 Å². The summed E-state index contributed by atoms with van der Waals surface area (Å²) in [4.78, 5) is 14.8. The second kappa shape index (κ2) is 5.75. The quantitative estimate of drug-likeness (QED) is 0.875. The number of nitrogens with one attached hydrogen (secondary N) is 1. The zero-order chi connectivity index (χ0) is 15.7. The summed E-state index contributed by atoms with van der Waals surface area (Å²) >= 11 is 1.67. The third kappa shape index (κ3) is 3.42. The van der Waals surface area contributed by atoms with Crippen molar-refractivity contribution in [3.63, 3.8) is 0 Å². The van der Waals surface area contributed by atoms with Crippen LogP contribution in [0, 0.1) is 0 Å². The molecule has 116 valence electrons. The minimum absolute atomic E-state index is 0.00480. The molecule has 0 bridgehead atoms. The first-order valence-corrected chi connectivity index (χ1v) is 7.67. The number of nitrogens with zero attached hydrogens (tertiary/aromatic N) is 1. The van der Waals surface area contributed by atoms with Gasteiger partial charge in [-0.3, -0.25) is 4.79 Å². The van der Waals surface area contributed by atoms with Crippen LogP contribution in [0.2, 0.25) is 0 Å². The molecule has 1 aromatic heterocycles. The number of halogens is 3.